The molecule has 0 spiro atoms. The third-order valence-corrected chi connectivity index (χ3v) is 4.64. The van der Waals surface area contributed by atoms with Crippen LogP contribution in [0, 0.1) is 11.8 Å². The van der Waals surface area contributed by atoms with Crippen LogP contribution in [0.25, 0.3) is 0 Å². The van der Waals surface area contributed by atoms with Crippen molar-refractivity contribution < 1.29 is 18.0 Å². The van der Waals surface area contributed by atoms with Crippen LogP contribution in [0.15, 0.2) is 5.16 Å². The van der Waals surface area contributed by atoms with Crippen molar-refractivity contribution in [3.8, 4) is 0 Å². The lowest BCUT2D eigenvalue weighted by atomic mass is 9.92. The molecule has 1 aliphatic rings. The lowest BCUT2D eigenvalue weighted by Gasteiger charge is -2.34. The maximum atomic E-state index is 12.6. The second kappa shape index (κ2) is 6.47. The third-order valence-electron chi connectivity index (χ3n) is 3.63. The molecule has 2 atom stereocenters. The Balaban J connectivity index is 1.96. The van der Waals surface area contributed by atoms with Crippen LogP contribution in [0.3, 0.4) is 0 Å². The fourth-order valence-corrected chi connectivity index (χ4v) is 3.59. The molecule has 0 saturated carbocycles. The Kier molecular flexibility index (Phi) is 5.03. The predicted molar refractivity (Wildman–Crippen MR) is 76.3 cm³/mol. The number of carbonyl (C=O) groups excluding carboxylic acids is 1. The second-order valence-electron chi connectivity index (χ2n) is 5.90. The van der Waals surface area contributed by atoms with Crippen LogP contribution in [0.4, 0.5) is 13.2 Å². The third kappa shape index (κ3) is 3.93. The SMILES string of the molecule is CC1CC(C)CN(C(=O)CSc2nnc(C(F)(F)F)n2C)C1. The van der Waals surface area contributed by atoms with Gasteiger partial charge >= 0.3 is 6.18 Å². The number of alkyl halides is 3. The topological polar surface area (TPSA) is 51.0 Å². The number of hydrogen-bond donors (Lipinski definition) is 0. The van der Waals surface area contributed by atoms with E-state index in [1.807, 2.05) is 0 Å². The van der Waals surface area contributed by atoms with Gasteiger partial charge in [0.05, 0.1) is 5.75 Å². The van der Waals surface area contributed by atoms with Crippen LogP contribution in [-0.4, -0.2) is 44.4 Å². The summed E-state index contributed by atoms with van der Waals surface area (Å²) in [5, 5.41) is 6.75. The van der Waals surface area contributed by atoms with Gasteiger partial charge in [-0.25, -0.2) is 0 Å². The van der Waals surface area contributed by atoms with Gasteiger partial charge in [-0.1, -0.05) is 25.6 Å². The Labute approximate surface area is 131 Å². The zero-order valence-electron chi connectivity index (χ0n) is 12.7. The fourth-order valence-electron chi connectivity index (χ4n) is 2.77. The lowest BCUT2D eigenvalue weighted by Crippen LogP contribution is -2.43. The van der Waals surface area contributed by atoms with E-state index >= 15 is 0 Å². The summed E-state index contributed by atoms with van der Waals surface area (Å²) in [7, 11) is 1.25. The van der Waals surface area contributed by atoms with Gasteiger partial charge in [0.2, 0.25) is 11.7 Å². The molecule has 1 aromatic rings. The molecule has 0 aliphatic carbocycles. The largest absolute Gasteiger partial charge is 0.451 e. The van der Waals surface area contributed by atoms with Gasteiger partial charge in [0.25, 0.3) is 0 Å². The number of hydrogen-bond acceptors (Lipinski definition) is 4. The van der Waals surface area contributed by atoms with E-state index in [0.717, 1.165) is 22.7 Å². The summed E-state index contributed by atoms with van der Waals surface area (Å²) in [4.78, 5) is 14.0. The van der Waals surface area contributed by atoms with E-state index in [4.69, 9.17) is 0 Å². The lowest BCUT2D eigenvalue weighted by molar-refractivity contribution is -0.147. The van der Waals surface area contributed by atoms with Crippen LogP contribution >= 0.6 is 11.8 Å². The molecule has 1 aliphatic heterocycles. The fraction of sp³-hybridized carbons (Fsp3) is 0.769. The number of thioether (sulfide) groups is 1. The van der Waals surface area contributed by atoms with E-state index in [1.54, 1.807) is 4.90 Å². The minimum Gasteiger partial charge on any atom is -0.341 e. The van der Waals surface area contributed by atoms with Crippen molar-refractivity contribution in [3.63, 3.8) is 0 Å². The number of nitrogens with zero attached hydrogens (tertiary/aromatic N) is 4. The van der Waals surface area contributed by atoms with Crippen molar-refractivity contribution in [3.05, 3.63) is 5.82 Å². The van der Waals surface area contributed by atoms with E-state index in [1.165, 1.54) is 7.05 Å². The van der Waals surface area contributed by atoms with Gasteiger partial charge in [-0.15, -0.1) is 10.2 Å². The van der Waals surface area contributed by atoms with Crippen LogP contribution < -0.4 is 0 Å². The summed E-state index contributed by atoms with van der Waals surface area (Å²) in [6.45, 7) is 5.61. The molecule has 2 rings (SSSR count). The van der Waals surface area contributed by atoms with Crippen molar-refractivity contribution in [2.24, 2.45) is 18.9 Å². The molecule has 1 amide bonds. The molecule has 2 unspecified atom stereocenters. The molecule has 0 N–H and O–H groups in total. The van der Waals surface area contributed by atoms with E-state index in [9.17, 15) is 18.0 Å². The number of carbonyl (C=O) groups is 1. The van der Waals surface area contributed by atoms with Crippen molar-refractivity contribution in [1.82, 2.24) is 19.7 Å². The molecular weight excluding hydrogens is 317 g/mol. The van der Waals surface area contributed by atoms with Crippen molar-refractivity contribution >= 4 is 17.7 Å². The summed E-state index contributed by atoms with van der Waals surface area (Å²) in [6.07, 6.45) is -3.45. The van der Waals surface area contributed by atoms with E-state index in [0.29, 0.717) is 24.9 Å². The highest BCUT2D eigenvalue weighted by atomic mass is 32.2. The highest BCUT2D eigenvalue weighted by molar-refractivity contribution is 7.99. The minimum atomic E-state index is -4.54. The minimum absolute atomic E-state index is 0.0695. The Bertz CT molecular complexity index is 536. The number of amides is 1. The zero-order chi connectivity index (χ0) is 16.5. The Morgan fingerprint density at radius 1 is 1.27 bits per heavy atom. The van der Waals surface area contributed by atoms with Gasteiger partial charge < -0.3 is 9.47 Å². The Morgan fingerprint density at radius 3 is 2.36 bits per heavy atom. The average molecular weight is 336 g/mol. The Hall–Kier alpha value is -1.25. The maximum Gasteiger partial charge on any atom is 0.451 e. The number of likely N-dealkylation sites (tertiary alicyclic amines) is 1. The van der Waals surface area contributed by atoms with Crippen molar-refractivity contribution in [1.29, 1.82) is 0 Å². The molecule has 0 bridgehead atoms. The van der Waals surface area contributed by atoms with Crippen LogP contribution in [0.5, 0.6) is 0 Å². The standard InChI is InChI=1S/C13H19F3N4OS/c1-8-4-9(2)6-20(5-8)10(21)7-22-12-18-17-11(19(12)3)13(14,15)16/h8-9H,4-7H2,1-3H3. The first-order chi connectivity index (χ1) is 10.2. The van der Waals surface area contributed by atoms with E-state index in [-0.39, 0.29) is 16.8 Å². The molecule has 2 heterocycles. The molecule has 0 radical (unpaired) electrons. The van der Waals surface area contributed by atoms with Crippen LogP contribution in [0.1, 0.15) is 26.1 Å². The van der Waals surface area contributed by atoms with E-state index in [2.05, 4.69) is 24.0 Å². The molecule has 0 aromatic carbocycles. The summed E-state index contributed by atoms with van der Waals surface area (Å²) in [6, 6.07) is 0. The molecule has 22 heavy (non-hydrogen) atoms. The zero-order valence-corrected chi connectivity index (χ0v) is 13.5. The van der Waals surface area contributed by atoms with Gasteiger partial charge in [0.1, 0.15) is 0 Å². The number of rotatable bonds is 3. The molecular formula is C13H19F3N4OS. The number of piperidine rings is 1. The number of halogens is 3. The normalized spacial score (nSPS) is 22.9. The monoisotopic (exact) mass is 336 g/mol. The highest BCUT2D eigenvalue weighted by Gasteiger charge is 2.37. The maximum absolute atomic E-state index is 12.6. The van der Waals surface area contributed by atoms with Gasteiger partial charge in [-0.3, -0.25) is 4.79 Å². The first-order valence-electron chi connectivity index (χ1n) is 7.05. The first-order valence-corrected chi connectivity index (χ1v) is 8.04. The van der Waals surface area contributed by atoms with E-state index < -0.39 is 12.0 Å². The van der Waals surface area contributed by atoms with Crippen LogP contribution in [0.2, 0.25) is 0 Å². The van der Waals surface area contributed by atoms with Crippen molar-refractivity contribution in [2.75, 3.05) is 18.8 Å². The predicted octanol–water partition coefficient (Wildman–Crippen LogP) is 2.43. The average Bonchev–Trinajstić information content (AvgIpc) is 2.76. The quantitative estimate of drug-likeness (QED) is 0.796. The summed E-state index contributed by atoms with van der Waals surface area (Å²) in [5.41, 5.74) is 0. The summed E-state index contributed by atoms with van der Waals surface area (Å²) < 4.78 is 38.8. The second-order valence-corrected chi connectivity index (χ2v) is 6.84. The highest BCUT2D eigenvalue weighted by Crippen LogP contribution is 2.30. The first kappa shape index (κ1) is 17.1. The summed E-state index contributed by atoms with van der Waals surface area (Å²) >= 11 is 0.986. The molecule has 124 valence electrons. The van der Waals surface area contributed by atoms with Gasteiger partial charge in [-0.05, 0) is 18.3 Å². The van der Waals surface area contributed by atoms with Gasteiger partial charge in [0.15, 0.2) is 5.16 Å². The summed E-state index contributed by atoms with van der Waals surface area (Å²) in [5.74, 6) is -0.153. The molecule has 1 aromatic heterocycles. The van der Waals surface area contributed by atoms with Gasteiger partial charge in [0, 0.05) is 20.1 Å². The Morgan fingerprint density at radius 2 is 1.86 bits per heavy atom. The van der Waals surface area contributed by atoms with Crippen molar-refractivity contribution in [2.45, 2.75) is 31.6 Å². The van der Waals surface area contributed by atoms with Gasteiger partial charge in [-0.2, -0.15) is 13.2 Å². The molecule has 1 saturated heterocycles. The molecule has 1 fully saturated rings. The van der Waals surface area contributed by atoms with Crippen LogP contribution in [-0.2, 0) is 18.0 Å². The molecule has 9 heteroatoms. The molecule has 5 nitrogen and oxygen atoms in total. The smallest absolute Gasteiger partial charge is 0.341 e. The number of aromatic nitrogens is 3.